The summed E-state index contributed by atoms with van der Waals surface area (Å²) in [5.74, 6) is -0.864. The minimum Gasteiger partial charge on any atom is -0.395 e. The van der Waals surface area contributed by atoms with Gasteiger partial charge in [-0.2, -0.15) is 13.2 Å². The second-order valence-corrected chi connectivity index (χ2v) is 4.34. The lowest BCUT2D eigenvalue weighted by Gasteiger charge is -2.22. The van der Waals surface area contributed by atoms with Crippen LogP contribution in [0.4, 0.5) is 13.2 Å². The summed E-state index contributed by atoms with van der Waals surface area (Å²) in [5.41, 5.74) is 5.22. The molecule has 0 atom stereocenters. The number of thiazole rings is 1. The lowest BCUT2D eigenvalue weighted by Crippen LogP contribution is -2.40. The SMILES string of the molecule is NCc1nc(C(=O)N(CCO)CC(F)(F)F)cs1. The van der Waals surface area contributed by atoms with Crippen LogP contribution in [-0.4, -0.2) is 46.8 Å². The quantitative estimate of drug-likeness (QED) is 0.829. The van der Waals surface area contributed by atoms with Crippen LogP contribution < -0.4 is 5.73 Å². The van der Waals surface area contributed by atoms with Crippen molar-refractivity contribution in [1.29, 1.82) is 0 Å². The van der Waals surface area contributed by atoms with Gasteiger partial charge in [-0.15, -0.1) is 11.3 Å². The van der Waals surface area contributed by atoms with Crippen molar-refractivity contribution in [1.82, 2.24) is 9.88 Å². The fraction of sp³-hybridized carbons (Fsp3) is 0.556. The van der Waals surface area contributed by atoms with E-state index in [2.05, 4.69) is 4.98 Å². The van der Waals surface area contributed by atoms with E-state index in [-0.39, 0.29) is 12.2 Å². The van der Waals surface area contributed by atoms with E-state index in [0.29, 0.717) is 9.91 Å². The first kappa shape index (κ1) is 14.9. The van der Waals surface area contributed by atoms with Gasteiger partial charge in [-0.05, 0) is 0 Å². The number of carbonyl (C=O) groups is 1. The molecule has 0 saturated carbocycles. The average Bonchev–Trinajstić information content (AvgIpc) is 2.74. The lowest BCUT2D eigenvalue weighted by atomic mass is 10.3. The molecule has 0 spiro atoms. The number of aliphatic hydroxyl groups is 1. The predicted octanol–water partition coefficient (Wildman–Crippen LogP) is 0.599. The van der Waals surface area contributed by atoms with E-state index in [0.717, 1.165) is 11.3 Å². The maximum atomic E-state index is 12.3. The lowest BCUT2D eigenvalue weighted by molar-refractivity contribution is -0.141. The van der Waals surface area contributed by atoms with Crippen LogP contribution in [0.3, 0.4) is 0 Å². The summed E-state index contributed by atoms with van der Waals surface area (Å²) >= 11 is 1.10. The normalized spacial score (nSPS) is 11.6. The Morgan fingerprint density at radius 1 is 1.56 bits per heavy atom. The van der Waals surface area contributed by atoms with Gasteiger partial charge in [-0.3, -0.25) is 4.79 Å². The number of hydrogen-bond acceptors (Lipinski definition) is 5. The Kier molecular flexibility index (Phi) is 5.05. The molecule has 102 valence electrons. The van der Waals surface area contributed by atoms with Gasteiger partial charge in [0.15, 0.2) is 0 Å². The maximum Gasteiger partial charge on any atom is 0.406 e. The zero-order valence-electron chi connectivity index (χ0n) is 9.28. The summed E-state index contributed by atoms with van der Waals surface area (Å²) in [4.78, 5) is 16.1. The number of aliphatic hydroxyl groups excluding tert-OH is 1. The monoisotopic (exact) mass is 283 g/mol. The van der Waals surface area contributed by atoms with Crippen LogP contribution in [0.25, 0.3) is 0 Å². The highest BCUT2D eigenvalue weighted by Gasteiger charge is 2.33. The molecule has 0 aromatic carbocycles. The summed E-state index contributed by atoms with van der Waals surface area (Å²) in [6.45, 7) is -2.23. The molecule has 0 unspecified atom stereocenters. The van der Waals surface area contributed by atoms with E-state index in [9.17, 15) is 18.0 Å². The topological polar surface area (TPSA) is 79.5 Å². The van der Waals surface area contributed by atoms with Crippen LogP contribution in [0.2, 0.25) is 0 Å². The van der Waals surface area contributed by atoms with Crippen molar-refractivity contribution in [3.63, 3.8) is 0 Å². The second-order valence-electron chi connectivity index (χ2n) is 3.40. The van der Waals surface area contributed by atoms with Gasteiger partial charge in [-0.1, -0.05) is 0 Å². The summed E-state index contributed by atoms with van der Waals surface area (Å²) in [6, 6.07) is 0. The largest absolute Gasteiger partial charge is 0.406 e. The molecular formula is C9H12F3N3O2S. The van der Waals surface area contributed by atoms with Gasteiger partial charge in [-0.25, -0.2) is 4.98 Å². The van der Waals surface area contributed by atoms with Crippen LogP contribution in [0, 0.1) is 0 Å². The molecule has 0 fully saturated rings. The smallest absolute Gasteiger partial charge is 0.395 e. The Bertz CT molecular complexity index is 408. The van der Waals surface area contributed by atoms with Crippen molar-refractivity contribution >= 4 is 17.2 Å². The minimum absolute atomic E-state index is 0.0850. The van der Waals surface area contributed by atoms with Crippen LogP contribution in [0.5, 0.6) is 0 Å². The third-order valence-corrected chi connectivity index (χ3v) is 2.84. The number of nitrogens with zero attached hydrogens (tertiary/aromatic N) is 2. The number of amides is 1. The summed E-state index contributed by atoms with van der Waals surface area (Å²) < 4.78 is 36.8. The van der Waals surface area contributed by atoms with Crippen LogP contribution in [0.15, 0.2) is 5.38 Å². The molecule has 0 saturated heterocycles. The standard InChI is InChI=1S/C9H12F3N3O2S/c10-9(11,12)5-15(1-2-16)8(17)6-4-18-7(3-13)14-6/h4,16H,1-3,5,13H2. The Labute approximate surface area is 105 Å². The number of hydrogen-bond donors (Lipinski definition) is 2. The molecule has 0 aliphatic heterocycles. The van der Waals surface area contributed by atoms with Crippen LogP contribution in [-0.2, 0) is 6.54 Å². The number of nitrogens with two attached hydrogens (primary N) is 1. The molecule has 1 amide bonds. The number of aromatic nitrogens is 1. The van der Waals surface area contributed by atoms with Gasteiger partial charge in [0.1, 0.15) is 17.2 Å². The fourth-order valence-corrected chi connectivity index (χ4v) is 1.90. The molecule has 1 heterocycles. The van der Waals surface area contributed by atoms with E-state index in [1.54, 1.807) is 0 Å². The minimum atomic E-state index is -4.52. The van der Waals surface area contributed by atoms with Gasteiger partial charge in [0.25, 0.3) is 5.91 Å². The first-order valence-corrected chi connectivity index (χ1v) is 5.86. The molecule has 18 heavy (non-hydrogen) atoms. The van der Waals surface area contributed by atoms with Gasteiger partial charge in [0, 0.05) is 18.5 Å². The maximum absolute atomic E-state index is 12.3. The van der Waals surface area contributed by atoms with Crippen LogP contribution >= 0.6 is 11.3 Å². The van der Waals surface area contributed by atoms with E-state index < -0.39 is 31.8 Å². The summed E-state index contributed by atoms with van der Waals surface area (Å²) in [6.07, 6.45) is -4.52. The molecule has 0 bridgehead atoms. The second kappa shape index (κ2) is 6.12. The third kappa shape index (κ3) is 4.24. The average molecular weight is 283 g/mol. The number of rotatable bonds is 5. The summed E-state index contributed by atoms with van der Waals surface area (Å²) in [7, 11) is 0. The first-order valence-electron chi connectivity index (χ1n) is 4.98. The van der Waals surface area contributed by atoms with Crippen molar-refractivity contribution in [3.8, 4) is 0 Å². The molecule has 0 aliphatic carbocycles. The molecule has 1 aromatic heterocycles. The van der Waals surface area contributed by atoms with E-state index in [1.807, 2.05) is 0 Å². The highest BCUT2D eigenvalue weighted by molar-refractivity contribution is 7.09. The van der Waals surface area contributed by atoms with Crippen molar-refractivity contribution in [2.45, 2.75) is 12.7 Å². The Hall–Kier alpha value is -1.19. The molecule has 3 N–H and O–H groups in total. The Balaban J connectivity index is 2.81. The molecule has 1 aromatic rings. The van der Waals surface area contributed by atoms with Crippen molar-refractivity contribution in [3.05, 3.63) is 16.1 Å². The number of carbonyl (C=O) groups excluding carboxylic acids is 1. The highest BCUT2D eigenvalue weighted by atomic mass is 32.1. The van der Waals surface area contributed by atoms with Crippen molar-refractivity contribution in [2.24, 2.45) is 5.73 Å². The number of alkyl halides is 3. The number of halogens is 3. The van der Waals surface area contributed by atoms with E-state index in [4.69, 9.17) is 10.8 Å². The first-order chi connectivity index (χ1) is 8.37. The summed E-state index contributed by atoms with van der Waals surface area (Å²) in [5, 5.41) is 10.5. The van der Waals surface area contributed by atoms with E-state index >= 15 is 0 Å². The Morgan fingerprint density at radius 3 is 2.67 bits per heavy atom. The van der Waals surface area contributed by atoms with Gasteiger partial charge in [0.2, 0.25) is 0 Å². The van der Waals surface area contributed by atoms with Gasteiger partial charge in [0.05, 0.1) is 6.61 Å². The van der Waals surface area contributed by atoms with Gasteiger partial charge < -0.3 is 15.7 Å². The molecule has 5 nitrogen and oxygen atoms in total. The van der Waals surface area contributed by atoms with Crippen molar-refractivity contribution < 1.29 is 23.1 Å². The Morgan fingerprint density at radius 2 is 2.22 bits per heavy atom. The molecule has 9 heteroatoms. The molecular weight excluding hydrogens is 271 g/mol. The zero-order valence-corrected chi connectivity index (χ0v) is 10.1. The fourth-order valence-electron chi connectivity index (χ4n) is 1.25. The van der Waals surface area contributed by atoms with E-state index in [1.165, 1.54) is 5.38 Å². The molecule has 0 aliphatic rings. The molecule has 0 radical (unpaired) electrons. The van der Waals surface area contributed by atoms with Crippen molar-refractivity contribution in [2.75, 3.05) is 19.7 Å². The van der Waals surface area contributed by atoms with Gasteiger partial charge >= 0.3 is 6.18 Å². The molecule has 1 rings (SSSR count). The predicted molar refractivity (Wildman–Crippen MR) is 59.0 cm³/mol. The highest BCUT2D eigenvalue weighted by Crippen LogP contribution is 2.18. The van der Waals surface area contributed by atoms with Crippen LogP contribution in [0.1, 0.15) is 15.5 Å². The third-order valence-electron chi connectivity index (χ3n) is 1.97. The zero-order chi connectivity index (χ0) is 13.8.